The lowest BCUT2D eigenvalue weighted by molar-refractivity contribution is -0.0114. The number of benzene rings is 2. The molecule has 4 saturated heterocycles. The summed E-state index contributed by atoms with van der Waals surface area (Å²) in [7, 11) is 0. The number of piperazine rings is 1. The lowest BCUT2D eigenvalue weighted by Gasteiger charge is -2.51. The fraction of sp³-hybridized carbons (Fsp3) is 0.519. The van der Waals surface area contributed by atoms with E-state index < -0.39 is 0 Å². The smallest absolute Gasteiger partial charge is 0.319 e. The summed E-state index contributed by atoms with van der Waals surface area (Å²) in [5.74, 6) is 1.54. The van der Waals surface area contributed by atoms with Crippen molar-refractivity contribution in [2.45, 2.75) is 23.8 Å². The third kappa shape index (κ3) is 5.70. The van der Waals surface area contributed by atoms with Crippen molar-refractivity contribution in [2.24, 2.45) is 11.8 Å². The van der Waals surface area contributed by atoms with E-state index in [0.29, 0.717) is 6.04 Å². The molecule has 2 amide bonds. The third-order valence-corrected chi connectivity index (χ3v) is 8.55. The molecule has 2 aromatic carbocycles. The molecule has 0 radical (unpaired) electrons. The molecule has 6 nitrogen and oxygen atoms in total. The first-order valence-corrected chi connectivity index (χ1v) is 13.9. The van der Waals surface area contributed by atoms with Gasteiger partial charge in [-0.25, -0.2) is 4.79 Å². The molecule has 7 heteroatoms. The van der Waals surface area contributed by atoms with Gasteiger partial charge in [0, 0.05) is 68.1 Å². The average Bonchev–Trinajstić information content (AvgIpc) is 2.89. The average molecular weight is 480 g/mol. The molecule has 0 aromatic heterocycles. The van der Waals surface area contributed by atoms with Gasteiger partial charge in [0.1, 0.15) is 0 Å². The van der Waals surface area contributed by atoms with Crippen LogP contribution < -0.4 is 15.5 Å². The maximum Gasteiger partial charge on any atom is 0.319 e. The molecule has 0 aliphatic carbocycles. The van der Waals surface area contributed by atoms with Crippen LogP contribution in [0.1, 0.15) is 12.8 Å². The van der Waals surface area contributed by atoms with Crippen LogP contribution >= 0.6 is 11.8 Å². The summed E-state index contributed by atoms with van der Waals surface area (Å²) in [6.07, 6.45) is 4.55. The van der Waals surface area contributed by atoms with Gasteiger partial charge in [0.05, 0.1) is 0 Å². The van der Waals surface area contributed by atoms with Crippen molar-refractivity contribution >= 4 is 29.2 Å². The van der Waals surface area contributed by atoms with E-state index in [4.69, 9.17) is 0 Å². The number of amides is 2. The molecule has 0 spiro atoms. The summed E-state index contributed by atoms with van der Waals surface area (Å²) < 4.78 is 0. The Morgan fingerprint density at radius 1 is 1.03 bits per heavy atom. The van der Waals surface area contributed by atoms with Crippen LogP contribution in [0.5, 0.6) is 0 Å². The molecule has 4 fully saturated rings. The highest BCUT2D eigenvalue weighted by atomic mass is 32.2. The normalized spacial score (nSPS) is 26.9. The van der Waals surface area contributed by atoms with Crippen LogP contribution in [-0.4, -0.2) is 80.5 Å². The second-order valence-corrected chi connectivity index (χ2v) is 10.8. The number of nitrogens with zero attached hydrogens (tertiary/aromatic N) is 3. The molecule has 4 atom stereocenters. The Morgan fingerprint density at radius 3 is 2.59 bits per heavy atom. The zero-order chi connectivity index (χ0) is 23.3. The minimum absolute atomic E-state index is 0.103. The van der Waals surface area contributed by atoms with Crippen LogP contribution in [0.4, 0.5) is 16.2 Å². The zero-order valence-corrected chi connectivity index (χ0v) is 21.0. The van der Waals surface area contributed by atoms with Gasteiger partial charge >= 0.3 is 6.03 Å². The van der Waals surface area contributed by atoms with Gasteiger partial charge in [0.2, 0.25) is 0 Å². The number of urea groups is 1. The number of carbonyl (C=O) groups excluding carboxylic acids is 1. The quantitative estimate of drug-likeness (QED) is 0.587. The minimum atomic E-state index is -0.103. The number of nitrogens with one attached hydrogen (secondary N) is 2. The van der Waals surface area contributed by atoms with E-state index in [1.54, 1.807) is 11.8 Å². The van der Waals surface area contributed by atoms with E-state index in [1.165, 1.54) is 38.2 Å². The summed E-state index contributed by atoms with van der Waals surface area (Å²) in [6.45, 7) is 8.84. The Balaban J connectivity index is 1.06. The monoisotopic (exact) mass is 479 g/mol. The van der Waals surface area contributed by atoms with Crippen LogP contribution in [0.3, 0.4) is 0 Å². The van der Waals surface area contributed by atoms with Gasteiger partial charge < -0.3 is 15.5 Å². The van der Waals surface area contributed by atoms with Gasteiger partial charge in [0.25, 0.3) is 0 Å². The number of thioether (sulfide) groups is 1. The minimum Gasteiger partial charge on any atom is -0.369 e. The predicted octanol–water partition coefficient (Wildman–Crippen LogP) is 4.06. The zero-order valence-electron chi connectivity index (χ0n) is 20.2. The van der Waals surface area contributed by atoms with Crippen LogP contribution in [0.15, 0.2) is 59.5 Å². The highest BCUT2D eigenvalue weighted by Gasteiger charge is 2.40. The number of fused-ring (bicyclic) bond motifs is 3. The van der Waals surface area contributed by atoms with Gasteiger partial charge in [-0.3, -0.25) is 9.80 Å². The molecule has 2 bridgehead atoms. The molecule has 2 aromatic rings. The largest absolute Gasteiger partial charge is 0.369 e. The Morgan fingerprint density at radius 2 is 1.85 bits per heavy atom. The van der Waals surface area contributed by atoms with E-state index >= 15 is 0 Å². The SMILES string of the molecule is CSc1cccc(NC(=O)NC[C@H]2C[C@H]3CCN2C[C@@H]3CN2CCN(c3ccccc3)CC2)c1. The Kier molecular flexibility index (Phi) is 7.62. The van der Waals surface area contributed by atoms with Crippen molar-refractivity contribution in [1.29, 1.82) is 0 Å². The lowest BCUT2D eigenvalue weighted by atomic mass is 9.75. The molecular formula is C27H37N5OS. The molecule has 2 N–H and O–H groups in total. The van der Waals surface area contributed by atoms with E-state index in [9.17, 15) is 4.79 Å². The molecule has 182 valence electrons. The van der Waals surface area contributed by atoms with E-state index in [2.05, 4.69) is 61.7 Å². The van der Waals surface area contributed by atoms with Crippen molar-refractivity contribution in [3.8, 4) is 0 Å². The molecule has 4 aliphatic rings. The molecule has 4 aliphatic heterocycles. The number of rotatable bonds is 7. The Hall–Kier alpha value is -2.22. The van der Waals surface area contributed by atoms with E-state index in [1.807, 2.05) is 24.5 Å². The fourth-order valence-corrected chi connectivity index (χ4v) is 6.37. The number of carbonyl (C=O) groups is 1. The van der Waals surface area contributed by atoms with Gasteiger partial charge in [0.15, 0.2) is 0 Å². The first kappa shape index (κ1) is 23.5. The fourth-order valence-electron chi connectivity index (χ4n) is 5.91. The number of hydrogen-bond donors (Lipinski definition) is 2. The standard InChI is InChI=1S/C27H37N5OS/c1-34-26-9-5-6-23(17-26)29-27(33)28-18-25-16-21-10-11-32(25)20-22(21)19-30-12-14-31(15-13-30)24-7-3-2-4-8-24/h2-9,17,21-22,25H,10-16,18-20H2,1H3,(H2,28,29,33)/t21-,22+,25-/m1/s1. The number of piperidine rings is 3. The van der Waals surface area contributed by atoms with Crippen LogP contribution in [-0.2, 0) is 0 Å². The predicted molar refractivity (Wildman–Crippen MR) is 142 cm³/mol. The van der Waals surface area contributed by atoms with Crippen molar-refractivity contribution in [3.63, 3.8) is 0 Å². The third-order valence-electron chi connectivity index (χ3n) is 7.83. The second kappa shape index (κ2) is 11.0. The Labute approximate surface area is 208 Å². The topological polar surface area (TPSA) is 50.9 Å². The molecule has 6 rings (SSSR count). The number of anilines is 2. The summed E-state index contributed by atoms with van der Waals surface area (Å²) in [5.41, 5.74) is 2.20. The first-order chi connectivity index (χ1) is 16.7. The summed E-state index contributed by atoms with van der Waals surface area (Å²) in [4.78, 5) is 21.4. The summed E-state index contributed by atoms with van der Waals surface area (Å²) in [6, 6.07) is 19.1. The van der Waals surface area contributed by atoms with Crippen LogP contribution in [0.2, 0.25) is 0 Å². The molecule has 34 heavy (non-hydrogen) atoms. The highest BCUT2D eigenvalue weighted by molar-refractivity contribution is 7.98. The van der Waals surface area contributed by atoms with E-state index in [-0.39, 0.29) is 6.03 Å². The molecule has 1 unspecified atom stereocenters. The van der Waals surface area contributed by atoms with Gasteiger partial charge in [-0.2, -0.15) is 0 Å². The van der Waals surface area contributed by atoms with Gasteiger partial charge in [-0.05, 0) is 67.8 Å². The van der Waals surface area contributed by atoms with Crippen molar-refractivity contribution in [2.75, 3.05) is 68.8 Å². The van der Waals surface area contributed by atoms with E-state index in [0.717, 1.165) is 55.1 Å². The molecular weight excluding hydrogens is 442 g/mol. The number of hydrogen-bond acceptors (Lipinski definition) is 5. The van der Waals surface area contributed by atoms with Gasteiger partial charge in [-0.1, -0.05) is 24.3 Å². The maximum atomic E-state index is 12.5. The van der Waals surface area contributed by atoms with Crippen molar-refractivity contribution in [3.05, 3.63) is 54.6 Å². The van der Waals surface area contributed by atoms with Crippen molar-refractivity contribution in [1.82, 2.24) is 15.1 Å². The van der Waals surface area contributed by atoms with Crippen molar-refractivity contribution < 1.29 is 4.79 Å². The number of para-hydroxylation sites is 1. The summed E-state index contributed by atoms with van der Waals surface area (Å²) >= 11 is 1.68. The van der Waals surface area contributed by atoms with Crippen LogP contribution in [0, 0.1) is 11.8 Å². The first-order valence-electron chi connectivity index (χ1n) is 12.6. The molecule has 0 saturated carbocycles. The molecule has 4 heterocycles. The maximum absolute atomic E-state index is 12.5. The Bertz CT molecular complexity index is 949. The van der Waals surface area contributed by atoms with Gasteiger partial charge in [-0.15, -0.1) is 11.8 Å². The van der Waals surface area contributed by atoms with Crippen LogP contribution in [0.25, 0.3) is 0 Å². The summed E-state index contributed by atoms with van der Waals surface area (Å²) in [5, 5.41) is 6.11. The second-order valence-electron chi connectivity index (χ2n) is 9.88. The lowest BCUT2D eigenvalue weighted by Crippen LogP contribution is -2.59. The highest BCUT2D eigenvalue weighted by Crippen LogP contribution is 2.36.